The third kappa shape index (κ3) is 3.44. The molecule has 0 saturated heterocycles. The summed E-state index contributed by atoms with van der Waals surface area (Å²) in [4.78, 5) is 4.47. The van der Waals surface area contributed by atoms with E-state index in [1.54, 1.807) is 11.3 Å². The number of rotatable bonds is 4. The zero-order valence-electron chi connectivity index (χ0n) is 9.49. The van der Waals surface area contributed by atoms with Crippen LogP contribution in [0.15, 0.2) is 29.6 Å². The van der Waals surface area contributed by atoms with Gasteiger partial charge in [0.1, 0.15) is 0 Å². The molecule has 0 saturated carbocycles. The van der Waals surface area contributed by atoms with Gasteiger partial charge in [-0.25, -0.2) is 4.98 Å². The second-order valence-electron chi connectivity index (χ2n) is 3.99. The Hall–Kier alpha value is -0.570. The van der Waals surface area contributed by atoms with E-state index in [1.165, 1.54) is 5.56 Å². The highest BCUT2D eigenvalue weighted by Gasteiger charge is 2.13. The number of benzene rings is 1. The van der Waals surface area contributed by atoms with E-state index in [9.17, 15) is 0 Å². The molecule has 1 aromatic heterocycles. The molecule has 1 atom stereocenters. The minimum absolute atomic E-state index is 0.279. The lowest BCUT2D eigenvalue weighted by Gasteiger charge is -2.12. The molecule has 0 fully saturated rings. The maximum absolute atomic E-state index is 6.04. The molecule has 0 spiro atoms. The Morgan fingerprint density at radius 1 is 1.41 bits per heavy atom. The summed E-state index contributed by atoms with van der Waals surface area (Å²) in [5, 5.41) is 3.96. The Labute approximate surface area is 115 Å². The lowest BCUT2D eigenvalue weighted by molar-refractivity contribution is 0.759. The van der Waals surface area contributed by atoms with E-state index in [1.807, 2.05) is 25.1 Å². The van der Waals surface area contributed by atoms with Gasteiger partial charge in [-0.1, -0.05) is 23.7 Å². The van der Waals surface area contributed by atoms with Crippen molar-refractivity contribution in [1.29, 1.82) is 0 Å². The predicted octanol–water partition coefficient (Wildman–Crippen LogP) is 4.67. The second-order valence-corrected chi connectivity index (χ2v) is 5.68. The van der Waals surface area contributed by atoms with Gasteiger partial charge in [0.15, 0.2) is 0 Å². The average molecular weight is 286 g/mol. The van der Waals surface area contributed by atoms with Gasteiger partial charge in [0.05, 0.1) is 5.01 Å². The molecule has 0 aliphatic heterocycles. The zero-order chi connectivity index (χ0) is 12.3. The Bertz CT molecular complexity index is 496. The second kappa shape index (κ2) is 5.85. The largest absolute Gasteiger partial charge is 0.247 e. The molecule has 1 heterocycles. The van der Waals surface area contributed by atoms with Crippen molar-refractivity contribution in [1.82, 2.24) is 4.98 Å². The number of thiazole rings is 1. The van der Waals surface area contributed by atoms with Gasteiger partial charge in [-0.05, 0) is 24.6 Å². The van der Waals surface area contributed by atoms with E-state index in [2.05, 4.69) is 16.4 Å². The first-order valence-corrected chi connectivity index (χ1v) is 7.20. The molecule has 2 rings (SSSR count). The van der Waals surface area contributed by atoms with Gasteiger partial charge in [0, 0.05) is 34.3 Å². The molecular formula is C13H13Cl2NS. The zero-order valence-corrected chi connectivity index (χ0v) is 11.8. The molecule has 1 aromatic carbocycles. The fourth-order valence-corrected chi connectivity index (χ4v) is 3.07. The summed E-state index contributed by atoms with van der Waals surface area (Å²) in [6, 6.07) is 7.89. The van der Waals surface area contributed by atoms with Crippen molar-refractivity contribution in [3.63, 3.8) is 0 Å². The van der Waals surface area contributed by atoms with Crippen molar-refractivity contribution in [2.24, 2.45) is 0 Å². The van der Waals surface area contributed by atoms with E-state index < -0.39 is 0 Å². The molecule has 0 amide bonds. The van der Waals surface area contributed by atoms with Crippen LogP contribution in [0, 0.1) is 6.92 Å². The van der Waals surface area contributed by atoms with Crippen LogP contribution < -0.4 is 0 Å². The Balaban J connectivity index is 2.16. The number of aryl methyl sites for hydroxylation is 1. The van der Waals surface area contributed by atoms with Gasteiger partial charge >= 0.3 is 0 Å². The van der Waals surface area contributed by atoms with Crippen LogP contribution in [0.25, 0.3) is 0 Å². The van der Waals surface area contributed by atoms with Gasteiger partial charge < -0.3 is 0 Å². The number of hydrogen-bond acceptors (Lipinski definition) is 2. The number of alkyl halides is 1. The van der Waals surface area contributed by atoms with Crippen molar-refractivity contribution in [3.8, 4) is 0 Å². The third-order valence-corrected chi connectivity index (χ3v) is 4.19. The summed E-state index contributed by atoms with van der Waals surface area (Å²) < 4.78 is 0. The van der Waals surface area contributed by atoms with Gasteiger partial charge in [-0.3, -0.25) is 0 Å². The van der Waals surface area contributed by atoms with E-state index in [4.69, 9.17) is 23.2 Å². The van der Waals surface area contributed by atoms with Crippen LogP contribution in [0.2, 0.25) is 5.02 Å². The van der Waals surface area contributed by atoms with Gasteiger partial charge in [0.2, 0.25) is 0 Å². The molecule has 2 aromatic rings. The molecule has 4 heteroatoms. The first-order valence-electron chi connectivity index (χ1n) is 5.41. The van der Waals surface area contributed by atoms with Crippen LogP contribution in [0.1, 0.15) is 22.2 Å². The Morgan fingerprint density at radius 2 is 2.24 bits per heavy atom. The highest BCUT2D eigenvalue weighted by Crippen LogP contribution is 2.26. The molecule has 0 aliphatic rings. The van der Waals surface area contributed by atoms with Crippen molar-refractivity contribution < 1.29 is 0 Å². The molecule has 0 aliphatic carbocycles. The first-order chi connectivity index (χ1) is 8.19. The highest BCUT2D eigenvalue weighted by atomic mass is 35.5. The fourth-order valence-electron chi connectivity index (χ4n) is 1.73. The summed E-state index contributed by atoms with van der Waals surface area (Å²) in [6.07, 6.45) is 0.877. The smallest absolute Gasteiger partial charge is 0.0934 e. The maximum Gasteiger partial charge on any atom is 0.0934 e. The van der Waals surface area contributed by atoms with E-state index in [-0.39, 0.29) is 5.92 Å². The number of halogens is 2. The van der Waals surface area contributed by atoms with Crippen LogP contribution in [-0.2, 0) is 6.42 Å². The number of hydrogen-bond donors (Lipinski definition) is 0. The topological polar surface area (TPSA) is 12.9 Å². The number of nitrogens with zero attached hydrogens (tertiary/aromatic N) is 1. The van der Waals surface area contributed by atoms with Crippen LogP contribution in [-0.4, -0.2) is 10.9 Å². The Kier molecular flexibility index (Phi) is 4.43. The summed E-state index contributed by atoms with van der Waals surface area (Å²) in [5.74, 6) is 0.861. The van der Waals surface area contributed by atoms with Crippen molar-refractivity contribution in [3.05, 3.63) is 50.9 Å². The standard InChI is InChI=1S/C13H13Cl2NS/c1-9-8-17-13(16-9)6-11(7-14)10-3-2-4-12(15)5-10/h2-5,8,11H,6-7H2,1H3. The van der Waals surface area contributed by atoms with Crippen LogP contribution in [0.5, 0.6) is 0 Å². The maximum atomic E-state index is 6.04. The summed E-state index contributed by atoms with van der Waals surface area (Å²) >= 11 is 13.7. The summed E-state index contributed by atoms with van der Waals surface area (Å²) in [7, 11) is 0. The molecule has 90 valence electrons. The molecule has 17 heavy (non-hydrogen) atoms. The molecule has 0 N–H and O–H groups in total. The quantitative estimate of drug-likeness (QED) is 0.744. The first kappa shape index (κ1) is 12.9. The van der Waals surface area contributed by atoms with E-state index in [0.29, 0.717) is 5.88 Å². The normalized spacial score (nSPS) is 12.6. The molecule has 0 bridgehead atoms. The lowest BCUT2D eigenvalue weighted by atomic mass is 9.98. The SMILES string of the molecule is Cc1csc(CC(CCl)c2cccc(Cl)c2)n1. The Morgan fingerprint density at radius 3 is 2.82 bits per heavy atom. The summed E-state index contributed by atoms with van der Waals surface area (Å²) in [6.45, 7) is 2.01. The van der Waals surface area contributed by atoms with Crippen molar-refractivity contribution >= 4 is 34.5 Å². The molecule has 1 unspecified atom stereocenters. The lowest BCUT2D eigenvalue weighted by Crippen LogP contribution is -2.04. The van der Waals surface area contributed by atoms with Crippen molar-refractivity contribution in [2.45, 2.75) is 19.3 Å². The monoisotopic (exact) mass is 285 g/mol. The van der Waals surface area contributed by atoms with Gasteiger partial charge in [0.25, 0.3) is 0 Å². The summed E-state index contributed by atoms with van der Waals surface area (Å²) in [5.41, 5.74) is 2.25. The van der Waals surface area contributed by atoms with Crippen molar-refractivity contribution in [2.75, 3.05) is 5.88 Å². The minimum Gasteiger partial charge on any atom is -0.247 e. The van der Waals surface area contributed by atoms with Gasteiger partial charge in [-0.2, -0.15) is 0 Å². The van der Waals surface area contributed by atoms with Crippen LogP contribution >= 0.6 is 34.5 Å². The predicted molar refractivity (Wildman–Crippen MR) is 75.5 cm³/mol. The third-order valence-electron chi connectivity index (χ3n) is 2.59. The highest BCUT2D eigenvalue weighted by molar-refractivity contribution is 7.09. The molecular weight excluding hydrogens is 273 g/mol. The van der Waals surface area contributed by atoms with Crippen LogP contribution in [0.3, 0.4) is 0 Å². The number of aromatic nitrogens is 1. The fraction of sp³-hybridized carbons (Fsp3) is 0.308. The van der Waals surface area contributed by atoms with Gasteiger partial charge in [-0.15, -0.1) is 22.9 Å². The minimum atomic E-state index is 0.279. The van der Waals surface area contributed by atoms with Crippen LogP contribution in [0.4, 0.5) is 0 Å². The molecule has 0 radical (unpaired) electrons. The van der Waals surface area contributed by atoms with E-state index >= 15 is 0 Å². The van der Waals surface area contributed by atoms with E-state index in [0.717, 1.165) is 22.1 Å². The molecule has 1 nitrogen and oxygen atoms in total. The average Bonchev–Trinajstić information content (AvgIpc) is 2.72.